The number of furan rings is 1. The molecule has 0 N–H and O–H groups in total. The van der Waals surface area contributed by atoms with E-state index in [0.29, 0.717) is 18.8 Å². The lowest BCUT2D eigenvalue weighted by atomic mass is 9.95. The molecule has 26 heavy (non-hydrogen) atoms. The predicted molar refractivity (Wildman–Crippen MR) is 96.4 cm³/mol. The topological polar surface area (TPSA) is 71.7 Å². The van der Waals surface area contributed by atoms with E-state index in [0.717, 1.165) is 56.5 Å². The molecule has 7 nitrogen and oxygen atoms in total. The summed E-state index contributed by atoms with van der Waals surface area (Å²) in [5.74, 6) is 2.55. The van der Waals surface area contributed by atoms with Gasteiger partial charge in [0.2, 0.25) is 0 Å². The SMILES string of the molecule is Cc1cc(N2CCOCC2)nc(C2CCN(C(=O)c3ccco3)CC2)n1. The molecule has 0 atom stereocenters. The van der Waals surface area contributed by atoms with Gasteiger partial charge in [-0.3, -0.25) is 4.79 Å². The summed E-state index contributed by atoms with van der Waals surface area (Å²) < 4.78 is 10.7. The van der Waals surface area contributed by atoms with Gasteiger partial charge in [-0.25, -0.2) is 9.97 Å². The molecule has 4 heterocycles. The maximum Gasteiger partial charge on any atom is 0.289 e. The maximum absolute atomic E-state index is 12.4. The summed E-state index contributed by atoms with van der Waals surface area (Å²) in [5, 5.41) is 0. The van der Waals surface area contributed by atoms with E-state index < -0.39 is 0 Å². The van der Waals surface area contributed by atoms with E-state index in [1.165, 1.54) is 6.26 Å². The molecular weight excluding hydrogens is 332 g/mol. The molecular formula is C19H24N4O3. The van der Waals surface area contributed by atoms with E-state index in [4.69, 9.17) is 14.1 Å². The lowest BCUT2D eigenvalue weighted by molar-refractivity contribution is 0.0679. The van der Waals surface area contributed by atoms with E-state index in [1.54, 1.807) is 12.1 Å². The number of anilines is 1. The minimum absolute atomic E-state index is 0.0346. The highest BCUT2D eigenvalue weighted by atomic mass is 16.5. The predicted octanol–water partition coefficient (Wildman–Crippen LogP) is 2.23. The second-order valence-corrected chi connectivity index (χ2v) is 6.87. The van der Waals surface area contributed by atoms with E-state index in [9.17, 15) is 4.79 Å². The van der Waals surface area contributed by atoms with Gasteiger partial charge in [0.1, 0.15) is 11.6 Å². The second-order valence-electron chi connectivity index (χ2n) is 6.87. The summed E-state index contributed by atoms with van der Waals surface area (Å²) >= 11 is 0. The Morgan fingerprint density at radius 2 is 1.92 bits per heavy atom. The number of hydrogen-bond acceptors (Lipinski definition) is 6. The Bertz CT molecular complexity index is 748. The lowest BCUT2D eigenvalue weighted by Crippen LogP contribution is -2.39. The fraction of sp³-hybridized carbons (Fsp3) is 0.526. The number of aromatic nitrogens is 2. The van der Waals surface area contributed by atoms with Crippen molar-refractivity contribution in [3.05, 3.63) is 41.7 Å². The fourth-order valence-electron chi connectivity index (χ4n) is 3.61. The molecule has 0 aliphatic carbocycles. The molecule has 2 fully saturated rings. The number of rotatable bonds is 3. The molecule has 4 rings (SSSR count). The standard InChI is InChI=1S/C19H24N4O3/c1-14-13-17(22-8-11-25-12-9-22)21-18(20-14)15-4-6-23(7-5-15)19(24)16-3-2-10-26-16/h2-3,10,13,15H,4-9,11-12H2,1H3. The number of morpholine rings is 1. The summed E-state index contributed by atoms with van der Waals surface area (Å²) in [6, 6.07) is 5.50. The van der Waals surface area contributed by atoms with Crippen LogP contribution in [0.5, 0.6) is 0 Å². The third kappa shape index (κ3) is 3.58. The number of amides is 1. The Morgan fingerprint density at radius 3 is 2.62 bits per heavy atom. The van der Waals surface area contributed by atoms with Crippen LogP contribution in [-0.2, 0) is 4.74 Å². The molecule has 7 heteroatoms. The molecule has 0 saturated carbocycles. The summed E-state index contributed by atoms with van der Waals surface area (Å²) in [6.07, 6.45) is 3.28. The molecule has 0 unspecified atom stereocenters. The monoisotopic (exact) mass is 356 g/mol. The van der Waals surface area contributed by atoms with Crippen LogP contribution in [0.4, 0.5) is 5.82 Å². The van der Waals surface area contributed by atoms with Crippen molar-refractivity contribution >= 4 is 11.7 Å². The van der Waals surface area contributed by atoms with Gasteiger partial charge in [-0.15, -0.1) is 0 Å². The molecule has 0 bridgehead atoms. The van der Waals surface area contributed by atoms with Crippen LogP contribution in [-0.4, -0.2) is 60.2 Å². The normalized spacial score (nSPS) is 19.0. The van der Waals surface area contributed by atoms with Gasteiger partial charge in [0.05, 0.1) is 19.5 Å². The van der Waals surface area contributed by atoms with Crippen molar-refractivity contribution in [3.8, 4) is 0 Å². The zero-order chi connectivity index (χ0) is 17.9. The van der Waals surface area contributed by atoms with Crippen molar-refractivity contribution in [1.82, 2.24) is 14.9 Å². The van der Waals surface area contributed by atoms with Crippen molar-refractivity contribution in [3.63, 3.8) is 0 Å². The summed E-state index contributed by atoms with van der Waals surface area (Å²) in [5.41, 5.74) is 0.991. The Balaban J connectivity index is 1.44. The van der Waals surface area contributed by atoms with Gasteiger partial charge in [-0.05, 0) is 31.9 Å². The molecule has 2 aliphatic heterocycles. The van der Waals surface area contributed by atoms with Crippen molar-refractivity contribution in [2.75, 3.05) is 44.3 Å². The highest BCUT2D eigenvalue weighted by Gasteiger charge is 2.28. The average molecular weight is 356 g/mol. The number of piperidine rings is 1. The minimum atomic E-state index is -0.0346. The molecule has 0 spiro atoms. The number of carbonyl (C=O) groups excluding carboxylic acids is 1. The van der Waals surface area contributed by atoms with Crippen LogP contribution < -0.4 is 4.90 Å². The Hall–Kier alpha value is -2.41. The highest BCUT2D eigenvalue weighted by molar-refractivity contribution is 5.91. The van der Waals surface area contributed by atoms with Crippen molar-refractivity contribution < 1.29 is 13.9 Å². The van der Waals surface area contributed by atoms with Crippen molar-refractivity contribution in [2.45, 2.75) is 25.7 Å². The van der Waals surface area contributed by atoms with Gasteiger partial charge in [0, 0.05) is 43.9 Å². The third-order valence-electron chi connectivity index (χ3n) is 5.07. The first-order chi connectivity index (χ1) is 12.7. The Kier molecular flexibility index (Phi) is 4.88. The largest absolute Gasteiger partial charge is 0.459 e. The number of carbonyl (C=O) groups is 1. The molecule has 2 saturated heterocycles. The number of hydrogen-bond donors (Lipinski definition) is 0. The van der Waals surface area contributed by atoms with Crippen LogP contribution >= 0.6 is 0 Å². The van der Waals surface area contributed by atoms with E-state index >= 15 is 0 Å². The number of aryl methyl sites for hydroxylation is 1. The van der Waals surface area contributed by atoms with Gasteiger partial charge >= 0.3 is 0 Å². The first kappa shape index (κ1) is 17.0. The fourth-order valence-corrected chi connectivity index (χ4v) is 3.61. The minimum Gasteiger partial charge on any atom is -0.459 e. The summed E-state index contributed by atoms with van der Waals surface area (Å²) in [7, 11) is 0. The Morgan fingerprint density at radius 1 is 1.15 bits per heavy atom. The first-order valence-electron chi connectivity index (χ1n) is 9.22. The van der Waals surface area contributed by atoms with E-state index in [1.807, 2.05) is 17.9 Å². The molecule has 2 aromatic heterocycles. The summed E-state index contributed by atoms with van der Waals surface area (Å²) in [6.45, 7) is 6.64. The smallest absolute Gasteiger partial charge is 0.289 e. The third-order valence-corrected chi connectivity index (χ3v) is 5.07. The second kappa shape index (κ2) is 7.45. The quantitative estimate of drug-likeness (QED) is 0.840. The Labute approximate surface area is 153 Å². The van der Waals surface area contributed by atoms with Gasteiger partial charge in [0.25, 0.3) is 5.91 Å². The van der Waals surface area contributed by atoms with Crippen LogP contribution in [0.2, 0.25) is 0 Å². The molecule has 1 amide bonds. The van der Waals surface area contributed by atoms with E-state index in [-0.39, 0.29) is 11.8 Å². The van der Waals surface area contributed by atoms with Crippen LogP contribution in [0.3, 0.4) is 0 Å². The summed E-state index contributed by atoms with van der Waals surface area (Å²) in [4.78, 5) is 26.0. The van der Waals surface area contributed by atoms with Gasteiger partial charge < -0.3 is 19.0 Å². The van der Waals surface area contributed by atoms with Crippen molar-refractivity contribution in [2.24, 2.45) is 0 Å². The zero-order valence-electron chi connectivity index (χ0n) is 15.1. The van der Waals surface area contributed by atoms with Crippen LogP contribution in [0.15, 0.2) is 28.9 Å². The highest BCUT2D eigenvalue weighted by Crippen LogP contribution is 2.28. The van der Waals surface area contributed by atoms with Crippen LogP contribution in [0.1, 0.15) is 40.8 Å². The zero-order valence-corrected chi connectivity index (χ0v) is 15.1. The van der Waals surface area contributed by atoms with Crippen molar-refractivity contribution in [1.29, 1.82) is 0 Å². The first-order valence-corrected chi connectivity index (χ1v) is 9.22. The molecule has 2 aliphatic rings. The van der Waals surface area contributed by atoms with Crippen LogP contribution in [0.25, 0.3) is 0 Å². The average Bonchev–Trinajstić information content (AvgIpc) is 3.22. The number of nitrogens with zero attached hydrogens (tertiary/aromatic N) is 4. The van der Waals surface area contributed by atoms with E-state index in [2.05, 4.69) is 9.88 Å². The number of ether oxygens (including phenoxy) is 1. The number of likely N-dealkylation sites (tertiary alicyclic amines) is 1. The van der Waals surface area contributed by atoms with Gasteiger partial charge in [0.15, 0.2) is 5.76 Å². The molecule has 0 radical (unpaired) electrons. The van der Waals surface area contributed by atoms with Crippen LogP contribution in [0, 0.1) is 6.92 Å². The maximum atomic E-state index is 12.4. The van der Waals surface area contributed by atoms with Gasteiger partial charge in [-0.2, -0.15) is 0 Å². The van der Waals surface area contributed by atoms with Gasteiger partial charge in [-0.1, -0.05) is 0 Å². The molecule has 138 valence electrons. The lowest BCUT2D eigenvalue weighted by Gasteiger charge is -2.32. The molecule has 0 aromatic carbocycles. The molecule has 2 aromatic rings.